The van der Waals surface area contributed by atoms with Crippen molar-refractivity contribution in [2.45, 2.75) is 6.92 Å². The fraction of sp³-hybridized carbons (Fsp3) is 0.125. The van der Waals surface area contributed by atoms with Crippen molar-refractivity contribution in [1.29, 1.82) is 5.26 Å². The van der Waals surface area contributed by atoms with Gasteiger partial charge in [-0.05, 0) is 0 Å². The summed E-state index contributed by atoms with van der Waals surface area (Å²) in [5.41, 5.74) is 3.38. The number of nitrogens with zero attached hydrogens (tertiary/aromatic N) is 3. The van der Waals surface area contributed by atoms with Gasteiger partial charge in [0.25, 0.3) is 0 Å². The summed E-state index contributed by atoms with van der Waals surface area (Å²) in [7, 11) is 0. The topological polar surface area (TPSA) is 49.6 Å². The van der Waals surface area contributed by atoms with Gasteiger partial charge < -0.3 is 0 Å². The number of fused-ring (bicyclic) bond motifs is 1. The number of benzene rings is 1. The first-order valence-corrected chi connectivity index (χ1v) is 4.97. The molecule has 1 heterocycles. The summed E-state index contributed by atoms with van der Waals surface area (Å²) < 4.78 is 8.40. The Morgan fingerprint density at radius 1 is 1.42 bits per heavy atom. The molecule has 0 saturated carbocycles. The molecule has 2 rings (SSSR count). The summed E-state index contributed by atoms with van der Waals surface area (Å²) in [6.45, 7) is 1.96. The summed E-state index contributed by atoms with van der Waals surface area (Å²) in [4.78, 5) is 0. The van der Waals surface area contributed by atoms with Gasteiger partial charge in [-0.15, -0.1) is 0 Å². The van der Waals surface area contributed by atoms with Crippen molar-refractivity contribution in [1.82, 2.24) is 7.96 Å². The number of hydrogen-bond donors (Lipinski definition) is 0. The summed E-state index contributed by atoms with van der Waals surface area (Å²) >= 11 is -0.0400. The SMILES string of the molecule is Cc1cc(C#N)c2n[se]nc2c1. The molecule has 0 radical (unpaired) electrons. The first kappa shape index (κ1) is 7.48. The van der Waals surface area contributed by atoms with Crippen LogP contribution in [0.3, 0.4) is 0 Å². The molecule has 0 spiro atoms. The van der Waals surface area contributed by atoms with E-state index in [-0.39, 0.29) is 15.0 Å². The van der Waals surface area contributed by atoms with E-state index in [0.29, 0.717) is 5.56 Å². The molecule has 0 N–H and O–H groups in total. The summed E-state index contributed by atoms with van der Waals surface area (Å²) in [5, 5.41) is 8.78. The van der Waals surface area contributed by atoms with Crippen LogP contribution >= 0.6 is 0 Å². The molecule has 0 aliphatic carbocycles. The van der Waals surface area contributed by atoms with Crippen molar-refractivity contribution in [3.8, 4) is 6.07 Å². The molecule has 0 bridgehead atoms. The molecule has 0 aliphatic rings. The number of hydrogen-bond acceptors (Lipinski definition) is 3. The fourth-order valence-corrected chi connectivity index (χ4v) is 2.25. The van der Waals surface area contributed by atoms with Crippen molar-refractivity contribution in [2.24, 2.45) is 0 Å². The van der Waals surface area contributed by atoms with Crippen LogP contribution in [0.15, 0.2) is 12.1 Å². The predicted molar refractivity (Wildman–Crippen MR) is 45.9 cm³/mol. The van der Waals surface area contributed by atoms with Gasteiger partial charge >= 0.3 is 75.5 Å². The van der Waals surface area contributed by atoms with Crippen molar-refractivity contribution in [3.63, 3.8) is 0 Å². The number of aromatic nitrogens is 2. The summed E-state index contributed by atoms with van der Waals surface area (Å²) in [5.74, 6) is 0. The summed E-state index contributed by atoms with van der Waals surface area (Å²) in [6.07, 6.45) is 0. The van der Waals surface area contributed by atoms with E-state index in [1.54, 1.807) is 0 Å². The van der Waals surface area contributed by atoms with Crippen LogP contribution in [0.2, 0.25) is 0 Å². The molecule has 0 saturated heterocycles. The van der Waals surface area contributed by atoms with Gasteiger partial charge in [-0.1, -0.05) is 0 Å². The van der Waals surface area contributed by atoms with Crippen LogP contribution in [0.25, 0.3) is 11.0 Å². The Bertz CT molecular complexity index is 467. The van der Waals surface area contributed by atoms with Gasteiger partial charge in [-0.25, -0.2) is 0 Å². The molecule has 4 heteroatoms. The number of aryl methyl sites for hydroxylation is 1. The molecule has 1 aromatic carbocycles. The second kappa shape index (κ2) is 2.71. The molecule has 2 aromatic rings. The van der Waals surface area contributed by atoms with Gasteiger partial charge in [0.2, 0.25) is 0 Å². The van der Waals surface area contributed by atoms with Crippen molar-refractivity contribution >= 4 is 26.0 Å². The molecule has 0 aliphatic heterocycles. The molecule has 12 heavy (non-hydrogen) atoms. The zero-order valence-corrected chi connectivity index (χ0v) is 8.12. The number of nitriles is 1. The summed E-state index contributed by atoms with van der Waals surface area (Å²) in [6, 6.07) is 5.94. The van der Waals surface area contributed by atoms with Crippen LogP contribution < -0.4 is 0 Å². The predicted octanol–water partition coefficient (Wildman–Crippen LogP) is 0.867. The van der Waals surface area contributed by atoms with E-state index in [1.807, 2.05) is 19.1 Å². The Morgan fingerprint density at radius 3 is 3.00 bits per heavy atom. The molecular weight excluding hydrogens is 217 g/mol. The van der Waals surface area contributed by atoms with Crippen molar-refractivity contribution in [3.05, 3.63) is 23.3 Å². The normalized spacial score (nSPS) is 10.0. The second-order valence-electron chi connectivity index (χ2n) is 2.56. The Morgan fingerprint density at radius 2 is 2.25 bits per heavy atom. The van der Waals surface area contributed by atoms with E-state index < -0.39 is 0 Å². The monoisotopic (exact) mass is 223 g/mol. The molecule has 0 amide bonds. The Hall–Kier alpha value is -1.17. The van der Waals surface area contributed by atoms with E-state index in [9.17, 15) is 0 Å². The molecule has 0 unspecified atom stereocenters. The zero-order chi connectivity index (χ0) is 8.55. The standard InChI is InChI=1S/C8H5N3Se/c1-5-2-6(4-9)8-7(3-5)10-12-11-8/h2-3H,1H3. The first-order valence-electron chi connectivity index (χ1n) is 3.44. The minimum absolute atomic E-state index is 0.0400. The third-order valence-corrected chi connectivity index (χ3v) is 2.76. The van der Waals surface area contributed by atoms with Gasteiger partial charge in [0, 0.05) is 0 Å². The zero-order valence-electron chi connectivity index (χ0n) is 6.40. The van der Waals surface area contributed by atoms with E-state index in [1.165, 1.54) is 0 Å². The van der Waals surface area contributed by atoms with Crippen LogP contribution in [0.1, 0.15) is 11.1 Å². The average Bonchev–Trinajstić information content (AvgIpc) is 2.50. The van der Waals surface area contributed by atoms with Gasteiger partial charge in [-0.3, -0.25) is 0 Å². The van der Waals surface area contributed by atoms with Crippen LogP contribution in [-0.2, 0) is 0 Å². The minimum atomic E-state index is -0.0400. The quantitative estimate of drug-likeness (QED) is 0.621. The molecule has 1 aromatic heterocycles. The van der Waals surface area contributed by atoms with E-state index in [2.05, 4.69) is 14.0 Å². The van der Waals surface area contributed by atoms with Gasteiger partial charge in [0.15, 0.2) is 0 Å². The molecule has 0 atom stereocenters. The Balaban J connectivity index is 2.91. The van der Waals surface area contributed by atoms with Crippen molar-refractivity contribution < 1.29 is 0 Å². The van der Waals surface area contributed by atoms with E-state index in [0.717, 1.165) is 16.6 Å². The average molecular weight is 222 g/mol. The van der Waals surface area contributed by atoms with E-state index >= 15 is 0 Å². The number of rotatable bonds is 0. The van der Waals surface area contributed by atoms with Gasteiger partial charge in [-0.2, -0.15) is 0 Å². The molecule has 58 valence electrons. The van der Waals surface area contributed by atoms with Crippen LogP contribution in [0.4, 0.5) is 0 Å². The maximum absolute atomic E-state index is 8.78. The van der Waals surface area contributed by atoms with E-state index in [4.69, 9.17) is 5.26 Å². The van der Waals surface area contributed by atoms with Crippen LogP contribution in [0, 0.1) is 18.3 Å². The van der Waals surface area contributed by atoms with Crippen LogP contribution in [0.5, 0.6) is 0 Å². The molecule has 0 fully saturated rings. The Kier molecular flexibility index (Phi) is 1.69. The first-order chi connectivity index (χ1) is 5.81. The third kappa shape index (κ3) is 1.04. The molecular formula is C8H5N3Se. The maximum atomic E-state index is 8.78. The van der Waals surface area contributed by atoms with Gasteiger partial charge in [0.05, 0.1) is 0 Å². The second-order valence-corrected chi connectivity index (χ2v) is 3.66. The van der Waals surface area contributed by atoms with Crippen molar-refractivity contribution in [2.75, 3.05) is 0 Å². The van der Waals surface area contributed by atoms with Gasteiger partial charge in [0.1, 0.15) is 0 Å². The Labute approximate surface area is 75.9 Å². The third-order valence-electron chi connectivity index (χ3n) is 1.63. The molecule has 3 nitrogen and oxygen atoms in total. The fourth-order valence-electron chi connectivity index (χ4n) is 1.12. The van der Waals surface area contributed by atoms with Crippen LogP contribution in [-0.4, -0.2) is 22.9 Å².